The zero-order chi connectivity index (χ0) is 18.5. The molecule has 7 nitrogen and oxygen atoms in total. The normalized spacial score (nSPS) is 18.4. The van der Waals surface area contributed by atoms with Gasteiger partial charge in [-0.3, -0.25) is 4.79 Å². The van der Waals surface area contributed by atoms with Gasteiger partial charge in [0.15, 0.2) is 12.4 Å². The molecule has 1 aromatic carbocycles. The van der Waals surface area contributed by atoms with E-state index in [0.29, 0.717) is 56.5 Å². The molecule has 1 spiro atoms. The van der Waals surface area contributed by atoms with Crippen molar-refractivity contribution in [3.63, 3.8) is 0 Å². The molecule has 0 radical (unpaired) electrons. The molecule has 27 heavy (non-hydrogen) atoms. The van der Waals surface area contributed by atoms with Crippen molar-refractivity contribution in [3.05, 3.63) is 48.7 Å². The molecule has 142 valence electrons. The Kier molecular flexibility index (Phi) is 5.22. The van der Waals surface area contributed by atoms with Gasteiger partial charge in [-0.1, -0.05) is 6.07 Å². The quantitative estimate of drug-likeness (QED) is 0.806. The third-order valence-electron chi connectivity index (χ3n) is 4.74. The first-order valence-electron chi connectivity index (χ1n) is 9.10. The number of carbonyl (C=O) groups is 1. The highest BCUT2D eigenvalue weighted by atomic mass is 16.7. The molecule has 0 aliphatic carbocycles. The lowest BCUT2D eigenvalue weighted by atomic mass is 10.0. The minimum Gasteiger partial charge on any atom is -0.484 e. The molecule has 0 bridgehead atoms. The summed E-state index contributed by atoms with van der Waals surface area (Å²) in [5.74, 6) is 1.30. The van der Waals surface area contributed by atoms with Crippen molar-refractivity contribution >= 4 is 5.91 Å². The van der Waals surface area contributed by atoms with Crippen LogP contribution in [0.1, 0.15) is 12.8 Å². The summed E-state index contributed by atoms with van der Waals surface area (Å²) in [6.45, 7) is 2.53. The van der Waals surface area contributed by atoms with Crippen molar-refractivity contribution in [2.24, 2.45) is 0 Å². The van der Waals surface area contributed by atoms with Gasteiger partial charge in [0.2, 0.25) is 5.88 Å². The summed E-state index contributed by atoms with van der Waals surface area (Å²) in [7, 11) is 0. The molecule has 2 saturated heterocycles. The maximum absolute atomic E-state index is 12.4. The Hall–Kier alpha value is -2.64. The lowest BCUT2D eigenvalue weighted by molar-refractivity contribution is -0.187. The molecular formula is C20H22N2O5. The minimum absolute atomic E-state index is 0.00909. The van der Waals surface area contributed by atoms with Crippen LogP contribution in [0.5, 0.6) is 17.4 Å². The zero-order valence-corrected chi connectivity index (χ0v) is 15.0. The summed E-state index contributed by atoms with van der Waals surface area (Å²) in [6.07, 6.45) is 3.09. The fourth-order valence-electron chi connectivity index (χ4n) is 3.25. The number of hydrogen-bond donors (Lipinski definition) is 0. The number of likely N-dealkylation sites (tertiary alicyclic amines) is 1. The zero-order valence-electron chi connectivity index (χ0n) is 15.0. The van der Waals surface area contributed by atoms with Crippen LogP contribution < -0.4 is 9.47 Å². The van der Waals surface area contributed by atoms with Crippen molar-refractivity contribution in [3.8, 4) is 17.4 Å². The summed E-state index contributed by atoms with van der Waals surface area (Å²) in [4.78, 5) is 18.3. The van der Waals surface area contributed by atoms with Crippen LogP contribution in [-0.4, -0.2) is 54.5 Å². The van der Waals surface area contributed by atoms with Gasteiger partial charge in [-0.25, -0.2) is 4.98 Å². The lowest BCUT2D eigenvalue weighted by Gasteiger charge is -2.37. The van der Waals surface area contributed by atoms with Gasteiger partial charge in [0.25, 0.3) is 5.91 Å². The van der Waals surface area contributed by atoms with Gasteiger partial charge in [0.1, 0.15) is 11.5 Å². The van der Waals surface area contributed by atoms with Gasteiger partial charge in [-0.05, 0) is 30.3 Å². The second-order valence-electron chi connectivity index (χ2n) is 6.52. The molecule has 3 heterocycles. The maximum atomic E-state index is 12.4. The van der Waals surface area contributed by atoms with Crippen LogP contribution in [0.2, 0.25) is 0 Å². The average Bonchev–Trinajstić information content (AvgIpc) is 3.16. The van der Waals surface area contributed by atoms with Crippen LogP contribution in [-0.2, 0) is 14.3 Å². The summed E-state index contributed by atoms with van der Waals surface area (Å²) < 4.78 is 22.6. The van der Waals surface area contributed by atoms with E-state index in [2.05, 4.69) is 4.98 Å². The van der Waals surface area contributed by atoms with Gasteiger partial charge < -0.3 is 23.8 Å². The Balaban J connectivity index is 1.24. The van der Waals surface area contributed by atoms with E-state index < -0.39 is 5.79 Å². The van der Waals surface area contributed by atoms with Crippen LogP contribution >= 0.6 is 0 Å². The fourth-order valence-corrected chi connectivity index (χ4v) is 3.25. The number of piperidine rings is 1. The highest BCUT2D eigenvalue weighted by Crippen LogP contribution is 2.31. The van der Waals surface area contributed by atoms with E-state index >= 15 is 0 Å². The van der Waals surface area contributed by atoms with Gasteiger partial charge in [0.05, 0.1) is 13.2 Å². The van der Waals surface area contributed by atoms with E-state index in [1.165, 1.54) is 0 Å². The molecular weight excluding hydrogens is 348 g/mol. The first-order valence-corrected chi connectivity index (χ1v) is 9.10. The molecule has 2 fully saturated rings. The van der Waals surface area contributed by atoms with Crippen LogP contribution in [0.25, 0.3) is 0 Å². The first-order chi connectivity index (χ1) is 13.2. The fraction of sp³-hybridized carbons (Fsp3) is 0.400. The molecule has 0 unspecified atom stereocenters. The topological polar surface area (TPSA) is 70.1 Å². The van der Waals surface area contributed by atoms with E-state index in [-0.39, 0.29) is 12.5 Å². The summed E-state index contributed by atoms with van der Waals surface area (Å²) in [5.41, 5.74) is 0. The number of nitrogens with zero attached hydrogens (tertiary/aromatic N) is 2. The summed E-state index contributed by atoms with van der Waals surface area (Å²) in [6, 6.07) is 12.6. The molecule has 0 atom stereocenters. The van der Waals surface area contributed by atoms with E-state index in [9.17, 15) is 4.79 Å². The number of benzene rings is 1. The molecule has 2 aliphatic rings. The van der Waals surface area contributed by atoms with Gasteiger partial charge >= 0.3 is 0 Å². The number of carbonyl (C=O) groups excluding carboxylic acids is 1. The Morgan fingerprint density at radius 3 is 2.41 bits per heavy atom. The second kappa shape index (κ2) is 7.94. The predicted octanol–water partition coefficient (Wildman–Crippen LogP) is 2.62. The van der Waals surface area contributed by atoms with E-state index in [1.54, 1.807) is 41.4 Å². The molecule has 7 heteroatoms. The second-order valence-corrected chi connectivity index (χ2v) is 6.52. The third kappa shape index (κ3) is 4.37. The molecule has 1 aromatic heterocycles. The Morgan fingerprint density at radius 2 is 1.74 bits per heavy atom. The monoisotopic (exact) mass is 370 g/mol. The van der Waals surface area contributed by atoms with Crippen molar-refractivity contribution in [1.29, 1.82) is 0 Å². The molecule has 2 aliphatic heterocycles. The number of rotatable bonds is 5. The third-order valence-corrected chi connectivity index (χ3v) is 4.74. The SMILES string of the molecule is O=C(COc1ccc(Oc2ccccn2)cc1)N1CCC2(CC1)OCCO2. The van der Waals surface area contributed by atoms with E-state index in [4.69, 9.17) is 18.9 Å². The van der Waals surface area contributed by atoms with Crippen LogP contribution in [0, 0.1) is 0 Å². The summed E-state index contributed by atoms with van der Waals surface area (Å²) >= 11 is 0. The van der Waals surface area contributed by atoms with E-state index in [1.807, 2.05) is 12.1 Å². The van der Waals surface area contributed by atoms with Crippen molar-refractivity contribution < 1.29 is 23.7 Å². The number of hydrogen-bond acceptors (Lipinski definition) is 6. The standard InChI is InChI=1S/C20H22N2O5/c23-19(22-11-8-20(9-12-22)25-13-14-26-20)15-24-16-4-6-17(7-5-16)27-18-3-1-2-10-21-18/h1-7,10H,8-9,11-15H2. The van der Waals surface area contributed by atoms with Gasteiger partial charge in [0, 0.05) is 38.2 Å². The van der Waals surface area contributed by atoms with Gasteiger partial charge in [-0.15, -0.1) is 0 Å². The van der Waals surface area contributed by atoms with Crippen LogP contribution in [0.4, 0.5) is 0 Å². The number of ether oxygens (including phenoxy) is 4. The molecule has 2 aromatic rings. The Bertz CT molecular complexity index is 750. The Labute approximate surface area is 157 Å². The maximum Gasteiger partial charge on any atom is 0.260 e. The van der Waals surface area contributed by atoms with Crippen molar-refractivity contribution in [2.75, 3.05) is 32.9 Å². The smallest absolute Gasteiger partial charge is 0.260 e. The van der Waals surface area contributed by atoms with Gasteiger partial charge in [-0.2, -0.15) is 0 Å². The molecule has 0 N–H and O–H groups in total. The predicted molar refractivity (Wildman–Crippen MR) is 96.7 cm³/mol. The number of pyridine rings is 1. The van der Waals surface area contributed by atoms with Crippen LogP contribution in [0.15, 0.2) is 48.7 Å². The average molecular weight is 370 g/mol. The number of aromatic nitrogens is 1. The first kappa shape index (κ1) is 17.8. The summed E-state index contributed by atoms with van der Waals surface area (Å²) in [5, 5.41) is 0. The number of amides is 1. The molecule has 0 saturated carbocycles. The largest absolute Gasteiger partial charge is 0.484 e. The highest BCUT2D eigenvalue weighted by Gasteiger charge is 2.40. The lowest BCUT2D eigenvalue weighted by Crippen LogP contribution is -2.48. The van der Waals surface area contributed by atoms with Crippen LogP contribution in [0.3, 0.4) is 0 Å². The van der Waals surface area contributed by atoms with E-state index in [0.717, 1.165) is 0 Å². The molecule has 1 amide bonds. The van der Waals surface area contributed by atoms with Crippen molar-refractivity contribution in [1.82, 2.24) is 9.88 Å². The highest BCUT2D eigenvalue weighted by molar-refractivity contribution is 5.77. The minimum atomic E-state index is -0.471. The Morgan fingerprint density at radius 1 is 1.04 bits per heavy atom. The van der Waals surface area contributed by atoms with Crippen molar-refractivity contribution in [2.45, 2.75) is 18.6 Å². The molecule has 4 rings (SSSR count).